The Morgan fingerprint density at radius 2 is 1.48 bits per heavy atom. The Hall–Kier alpha value is -6.82. The third kappa shape index (κ3) is 7.84. The summed E-state index contributed by atoms with van der Waals surface area (Å²) < 4.78 is 24.3. The fourth-order valence-electron chi connectivity index (χ4n) is 8.42. The van der Waals surface area contributed by atoms with Gasteiger partial charge in [-0.15, -0.1) is 0 Å². The summed E-state index contributed by atoms with van der Waals surface area (Å²) in [4.78, 5) is 48.8. The molecule has 2 N–H and O–H groups in total. The molecule has 0 aliphatic carbocycles. The van der Waals surface area contributed by atoms with E-state index in [1.165, 1.54) is 7.11 Å². The number of nitrogens with zero attached hydrogens (tertiary/aromatic N) is 3. The Morgan fingerprint density at radius 3 is 2.17 bits per heavy atom. The lowest BCUT2D eigenvalue weighted by atomic mass is 10.1. The molecule has 8 rings (SSSR count). The van der Waals surface area contributed by atoms with Crippen LogP contribution in [-0.2, 0) is 30.8 Å². The molecule has 3 heterocycles. The highest BCUT2D eigenvalue weighted by Gasteiger charge is 2.38. The molecule has 2 unspecified atom stereocenters. The van der Waals surface area contributed by atoms with E-state index in [4.69, 9.17) is 18.9 Å². The number of anilines is 4. The number of hydrogen-bond donors (Lipinski definition) is 2. The van der Waals surface area contributed by atoms with Gasteiger partial charge in [-0.2, -0.15) is 0 Å². The molecule has 3 aliphatic rings. The minimum atomic E-state index is -0.199. The van der Waals surface area contributed by atoms with Crippen LogP contribution in [0.3, 0.4) is 0 Å². The molecule has 0 bridgehead atoms. The molecular formula is C48H49N5O7. The average Bonchev–Trinajstić information content (AvgIpc) is 3.77. The molecule has 12 nitrogen and oxygen atoms in total. The molecule has 60 heavy (non-hydrogen) atoms. The van der Waals surface area contributed by atoms with Crippen molar-refractivity contribution in [2.24, 2.45) is 4.99 Å². The van der Waals surface area contributed by atoms with Gasteiger partial charge in [0.25, 0.3) is 11.8 Å². The number of benzene rings is 5. The van der Waals surface area contributed by atoms with Crippen LogP contribution in [0.5, 0.6) is 23.0 Å². The second kappa shape index (κ2) is 17.2. The van der Waals surface area contributed by atoms with Crippen LogP contribution in [0.1, 0.15) is 76.1 Å². The van der Waals surface area contributed by atoms with Crippen molar-refractivity contribution in [3.63, 3.8) is 0 Å². The van der Waals surface area contributed by atoms with Crippen LogP contribution in [0.4, 0.5) is 28.4 Å². The molecule has 0 fully saturated rings. The summed E-state index contributed by atoms with van der Waals surface area (Å²) in [5.74, 6) is 1.25. The predicted octanol–water partition coefficient (Wildman–Crippen LogP) is 8.91. The van der Waals surface area contributed by atoms with E-state index in [-0.39, 0.29) is 43.0 Å². The zero-order valence-corrected chi connectivity index (χ0v) is 34.4. The van der Waals surface area contributed by atoms with Gasteiger partial charge in [0.15, 0.2) is 23.0 Å². The lowest BCUT2D eigenvalue weighted by molar-refractivity contribution is -0.116. The molecule has 3 amide bonds. The van der Waals surface area contributed by atoms with Crippen LogP contribution < -0.4 is 39.4 Å². The van der Waals surface area contributed by atoms with Crippen molar-refractivity contribution in [3.05, 3.63) is 124 Å². The molecule has 0 saturated heterocycles. The van der Waals surface area contributed by atoms with E-state index in [1.54, 1.807) is 30.2 Å². The quantitative estimate of drug-likeness (QED) is 0.106. The van der Waals surface area contributed by atoms with Crippen LogP contribution in [-0.4, -0.2) is 57.3 Å². The summed E-state index contributed by atoms with van der Waals surface area (Å²) in [6.45, 7) is 8.63. The van der Waals surface area contributed by atoms with Crippen molar-refractivity contribution in [1.82, 2.24) is 0 Å². The maximum Gasteiger partial charge on any atom is 0.260 e. The normalized spacial score (nSPS) is 16.1. The summed E-state index contributed by atoms with van der Waals surface area (Å²) in [5, 5.41) is 6.52. The molecular weight excluding hydrogens is 759 g/mol. The number of hydrogen-bond acceptors (Lipinski definition) is 9. The molecule has 5 aromatic carbocycles. The Labute approximate surface area is 350 Å². The summed E-state index contributed by atoms with van der Waals surface area (Å²) in [7, 11) is 3.08. The first-order chi connectivity index (χ1) is 29.2. The fraction of sp³-hybridized carbons (Fsp3) is 0.292. The number of nitrogens with one attached hydrogen (secondary N) is 2. The van der Waals surface area contributed by atoms with Crippen LogP contribution in [0.25, 0.3) is 0 Å². The van der Waals surface area contributed by atoms with E-state index in [0.29, 0.717) is 64.2 Å². The maximum atomic E-state index is 14.0. The van der Waals surface area contributed by atoms with Crippen LogP contribution >= 0.6 is 0 Å². The van der Waals surface area contributed by atoms with Crippen molar-refractivity contribution in [2.75, 3.05) is 41.2 Å². The topological polar surface area (TPSA) is 131 Å². The third-order valence-corrected chi connectivity index (χ3v) is 11.3. The van der Waals surface area contributed by atoms with Crippen LogP contribution in [0, 0.1) is 0 Å². The number of rotatable bonds is 14. The number of unbranched alkanes of at least 4 members (excludes halogenated alkanes) is 1. The Balaban J connectivity index is 1.04. The monoisotopic (exact) mass is 807 g/mol. The van der Waals surface area contributed by atoms with Gasteiger partial charge >= 0.3 is 0 Å². The maximum absolute atomic E-state index is 14.0. The summed E-state index contributed by atoms with van der Waals surface area (Å²) in [5.41, 5.74) is 8.10. The van der Waals surface area contributed by atoms with E-state index >= 15 is 0 Å². The molecule has 0 aromatic heterocycles. The number of ether oxygens (including phenoxy) is 4. The van der Waals surface area contributed by atoms with Gasteiger partial charge in [0.1, 0.15) is 13.2 Å². The largest absolute Gasteiger partial charge is 0.493 e. The van der Waals surface area contributed by atoms with Crippen LogP contribution in [0.15, 0.2) is 96.0 Å². The molecule has 2 atom stereocenters. The van der Waals surface area contributed by atoms with E-state index in [1.807, 2.05) is 85.5 Å². The molecule has 308 valence electrons. The van der Waals surface area contributed by atoms with Gasteiger partial charge in [-0.3, -0.25) is 19.4 Å². The minimum Gasteiger partial charge on any atom is -0.493 e. The molecule has 12 heteroatoms. The lowest BCUT2D eigenvalue weighted by Crippen LogP contribution is -2.39. The standard InChI is InChI=1S/C48H49N5O7/c1-6-7-16-46(54)51-34-19-30(27-59-44-24-38(49-3)36(22-42(44)57-4)47(55)52-29(2)17-32-12-8-10-14-40(32)52)18-31(20-34)28-60-45-25-39-37(23-43(45)58-5)48(56)53-35(26-50-39)21-33-13-9-11-15-41(33)53/h8-15,18-20,22-25,29,35,50H,3,6-7,16-17,21,26-28H2,1-2,4-5H3,(H,51,54). The molecule has 0 saturated carbocycles. The number of fused-ring (bicyclic) bond motifs is 5. The van der Waals surface area contributed by atoms with Gasteiger partial charge in [-0.25, -0.2) is 0 Å². The Bertz CT molecular complexity index is 2480. The number of carbonyl (C=O) groups is 3. The average molecular weight is 808 g/mol. The number of para-hydroxylation sites is 2. The zero-order valence-electron chi connectivity index (χ0n) is 34.4. The third-order valence-electron chi connectivity index (χ3n) is 11.3. The second-order valence-corrected chi connectivity index (χ2v) is 15.4. The van der Waals surface area contributed by atoms with E-state index in [0.717, 1.165) is 59.3 Å². The van der Waals surface area contributed by atoms with Gasteiger partial charge in [0.2, 0.25) is 5.91 Å². The number of carbonyl (C=O) groups excluding carboxylic acids is 3. The predicted molar refractivity (Wildman–Crippen MR) is 234 cm³/mol. The summed E-state index contributed by atoms with van der Waals surface area (Å²) >= 11 is 0. The van der Waals surface area contributed by atoms with Crippen LogP contribution in [0.2, 0.25) is 0 Å². The zero-order chi connectivity index (χ0) is 41.9. The lowest BCUT2D eigenvalue weighted by Gasteiger charge is -2.24. The number of amides is 3. The van der Waals surface area contributed by atoms with Gasteiger partial charge in [-0.1, -0.05) is 49.7 Å². The van der Waals surface area contributed by atoms with Crippen molar-refractivity contribution < 1.29 is 33.3 Å². The molecule has 5 aromatic rings. The Morgan fingerprint density at radius 1 is 0.833 bits per heavy atom. The number of aliphatic imine (C=N–C) groups is 1. The van der Waals surface area contributed by atoms with Gasteiger partial charge in [0.05, 0.1) is 42.8 Å². The fourth-order valence-corrected chi connectivity index (χ4v) is 8.42. The molecule has 0 radical (unpaired) electrons. The van der Waals surface area contributed by atoms with E-state index in [2.05, 4.69) is 28.4 Å². The van der Waals surface area contributed by atoms with Crippen molar-refractivity contribution in [3.8, 4) is 23.0 Å². The SMILES string of the molecule is C=Nc1cc(OCc2cc(COc3cc4c(cc3OC)C(=O)N3c5ccccc5CC3CN4)cc(NC(=O)CCCC)c2)c(OC)cc1C(=O)N1c2ccccc2CC1C. The van der Waals surface area contributed by atoms with Gasteiger partial charge in [-0.05, 0) is 97.6 Å². The Kier molecular flexibility index (Phi) is 11.5. The highest BCUT2D eigenvalue weighted by molar-refractivity contribution is 6.13. The summed E-state index contributed by atoms with van der Waals surface area (Å²) in [6.07, 6.45) is 3.60. The first-order valence-electron chi connectivity index (χ1n) is 20.4. The molecule has 3 aliphatic heterocycles. The second-order valence-electron chi connectivity index (χ2n) is 15.4. The summed E-state index contributed by atoms with van der Waals surface area (Å²) in [6, 6.07) is 28.4. The van der Waals surface area contributed by atoms with E-state index in [9.17, 15) is 14.4 Å². The number of methoxy groups -OCH3 is 2. The first-order valence-corrected chi connectivity index (χ1v) is 20.4. The molecule has 0 spiro atoms. The van der Waals surface area contributed by atoms with E-state index < -0.39 is 0 Å². The van der Waals surface area contributed by atoms with Crippen molar-refractivity contribution in [1.29, 1.82) is 0 Å². The smallest absolute Gasteiger partial charge is 0.260 e. The minimum absolute atomic E-state index is 0.00878. The van der Waals surface area contributed by atoms with Gasteiger partial charge < -0.3 is 39.4 Å². The van der Waals surface area contributed by atoms with Crippen molar-refractivity contribution >= 4 is 52.9 Å². The highest BCUT2D eigenvalue weighted by Crippen LogP contribution is 2.42. The van der Waals surface area contributed by atoms with Gasteiger partial charge in [0, 0.05) is 48.2 Å². The highest BCUT2D eigenvalue weighted by atomic mass is 16.5. The van der Waals surface area contributed by atoms with Crippen molar-refractivity contribution in [2.45, 2.75) is 71.2 Å². The first kappa shape index (κ1) is 40.0.